The number of carbonyl (C=O) groups excluding carboxylic acids is 1. The van der Waals surface area contributed by atoms with Gasteiger partial charge < -0.3 is 4.74 Å². The number of methoxy groups -OCH3 is 1. The van der Waals surface area contributed by atoms with E-state index in [2.05, 4.69) is 5.10 Å². The second-order valence-electron chi connectivity index (χ2n) is 5.32. The molecule has 0 N–H and O–H groups in total. The average molecular weight is 300 g/mol. The third-order valence-electron chi connectivity index (χ3n) is 3.66. The van der Waals surface area contributed by atoms with Crippen molar-refractivity contribution in [1.29, 1.82) is 0 Å². The van der Waals surface area contributed by atoms with E-state index in [4.69, 9.17) is 4.74 Å². The number of carbonyl (C=O) groups is 1. The van der Waals surface area contributed by atoms with Crippen LogP contribution in [0, 0.1) is 13.8 Å². The van der Waals surface area contributed by atoms with Gasteiger partial charge in [-0.25, -0.2) is 4.68 Å². The van der Waals surface area contributed by atoms with Gasteiger partial charge in [-0.3, -0.25) is 9.59 Å². The first-order valence-electron chi connectivity index (χ1n) is 7.13. The Hall–Kier alpha value is -2.27. The van der Waals surface area contributed by atoms with E-state index in [-0.39, 0.29) is 16.9 Å². The maximum atomic E-state index is 12.2. The Bertz CT molecular complexity index is 763. The molecule has 2 rings (SSSR count). The summed E-state index contributed by atoms with van der Waals surface area (Å²) in [5.41, 5.74) is 3.60. The highest BCUT2D eigenvalue weighted by molar-refractivity contribution is 5.94. The minimum atomic E-state index is -0.378. The summed E-state index contributed by atoms with van der Waals surface area (Å²) in [7, 11) is 1.56. The summed E-state index contributed by atoms with van der Waals surface area (Å²) in [6.07, 6.45) is 0. The topological polar surface area (TPSA) is 61.2 Å². The Morgan fingerprint density at radius 2 is 1.95 bits per heavy atom. The number of Topliss-reactive ketones (excluding diaryl/α,β-unsaturated/α-hetero) is 1. The second-order valence-corrected chi connectivity index (χ2v) is 5.32. The van der Waals surface area contributed by atoms with Crippen LogP contribution in [0.15, 0.2) is 29.1 Å². The number of benzene rings is 1. The first-order chi connectivity index (χ1) is 10.4. The molecule has 0 aliphatic rings. The van der Waals surface area contributed by atoms with Gasteiger partial charge in [-0.15, -0.1) is 0 Å². The molecule has 116 valence electrons. The predicted octanol–water partition coefficient (Wildman–Crippen LogP) is 2.38. The zero-order chi connectivity index (χ0) is 16.3. The molecule has 0 unspecified atom stereocenters. The number of ketones is 1. The summed E-state index contributed by atoms with van der Waals surface area (Å²) in [6.45, 7) is 6.12. The van der Waals surface area contributed by atoms with E-state index in [9.17, 15) is 9.59 Å². The van der Waals surface area contributed by atoms with Gasteiger partial charge in [-0.1, -0.05) is 12.1 Å². The SMILES string of the molecule is COCCn1nc(-c2ccc(C)c(C)c2)cc(C(C)=O)c1=O. The van der Waals surface area contributed by atoms with Gasteiger partial charge >= 0.3 is 0 Å². The quantitative estimate of drug-likeness (QED) is 0.795. The zero-order valence-electron chi connectivity index (χ0n) is 13.3. The monoisotopic (exact) mass is 300 g/mol. The number of aryl methyl sites for hydroxylation is 2. The van der Waals surface area contributed by atoms with Crippen molar-refractivity contribution < 1.29 is 9.53 Å². The lowest BCUT2D eigenvalue weighted by atomic mass is 10.0. The predicted molar refractivity (Wildman–Crippen MR) is 85.3 cm³/mol. The molecule has 1 aromatic heterocycles. The summed E-state index contributed by atoms with van der Waals surface area (Å²) in [4.78, 5) is 24.0. The molecule has 0 aliphatic carbocycles. The molecule has 0 spiro atoms. The summed E-state index contributed by atoms with van der Waals surface area (Å²) < 4.78 is 6.29. The minimum absolute atomic E-state index is 0.152. The smallest absolute Gasteiger partial charge is 0.277 e. The molecule has 0 atom stereocenters. The lowest BCUT2D eigenvalue weighted by molar-refractivity contribution is 0.101. The van der Waals surface area contributed by atoms with Gasteiger partial charge in [0.05, 0.1) is 24.4 Å². The third kappa shape index (κ3) is 3.31. The first-order valence-corrected chi connectivity index (χ1v) is 7.13. The molecule has 1 heterocycles. The van der Waals surface area contributed by atoms with Crippen molar-refractivity contribution in [3.63, 3.8) is 0 Å². The van der Waals surface area contributed by atoms with E-state index in [1.165, 1.54) is 17.2 Å². The third-order valence-corrected chi connectivity index (χ3v) is 3.66. The first kappa shape index (κ1) is 16.1. The molecule has 22 heavy (non-hydrogen) atoms. The Morgan fingerprint density at radius 1 is 1.23 bits per heavy atom. The number of aromatic nitrogens is 2. The number of rotatable bonds is 5. The highest BCUT2D eigenvalue weighted by Crippen LogP contribution is 2.20. The number of hydrogen-bond donors (Lipinski definition) is 0. The van der Waals surface area contributed by atoms with E-state index in [0.29, 0.717) is 18.8 Å². The van der Waals surface area contributed by atoms with Crippen molar-refractivity contribution in [3.8, 4) is 11.3 Å². The van der Waals surface area contributed by atoms with Gasteiger partial charge in [0, 0.05) is 12.7 Å². The Labute approximate surface area is 129 Å². The Morgan fingerprint density at radius 3 is 2.55 bits per heavy atom. The average Bonchev–Trinajstić information content (AvgIpc) is 2.48. The lowest BCUT2D eigenvalue weighted by Crippen LogP contribution is -2.29. The van der Waals surface area contributed by atoms with Crippen LogP contribution in [0.4, 0.5) is 0 Å². The fourth-order valence-corrected chi connectivity index (χ4v) is 2.17. The molecule has 0 amide bonds. The minimum Gasteiger partial charge on any atom is -0.383 e. The molecule has 0 saturated carbocycles. The van der Waals surface area contributed by atoms with Crippen LogP contribution >= 0.6 is 0 Å². The maximum absolute atomic E-state index is 12.2. The van der Waals surface area contributed by atoms with Gasteiger partial charge in [-0.05, 0) is 44.0 Å². The summed E-state index contributed by atoms with van der Waals surface area (Å²) in [5.74, 6) is -0.261. The van der Waals surface area contributed by atoms with Crippen LogP contribution in [-0.2, 0) is 11.3 Å². The molecule has 1 aromatic carbocycles. The largest absolute Gasteiger partial charge is 0.383 e. The van der Waals surface area contributed by atoms with Crippen LogP contribution < -0.4 is 5.56 Å². The van der Waals surface area contributed by atoms with Crippen LogP contribution in [-0.4, -0.2) is 29.3 Å². The van der Waals surface area contributed by atoms with E-state index >= 15 is 0 Å². The van der Waals surface area contributed by atoms with Gasteiger partial charge in [0.1, 0.15) is 0 Å². The normalized spacial score (nSPS) is 10.7. The van der Waals surface area contributed by atoms with Crippen molar-refractivity contribution in [2.45, 2.75) is 27.3 Å². The van der Waals surface area contributed by atoms with Crippen LogP contribution in [0.1, 0.15) is 28.4 Å². The van der Waals surface area contributed by atoms with Crippen LogP contribution in [0.2, 0.25) is 0 Å². The molecular weight excluding hydrogens is 280 g/mol. The van der Waals surface area contributed by atoms with Crippen molar-refractivity contribution in [3.05, 3.63) is 51.3 Å². The maximum Gasteiger partial charge on any atom is 0.277 e. The molecule has 5 nitrogen and oxygen atoms in total. The van der Waals surface area contributed by atoms with Crippen molar-refractivity contribution in [2.75, 3.05) is 13.7 Å². The fourth-order valence-electron chi connectivity index (χ4n) is 2.17. The lowest BCUT2D eigenvalue weighted by Gasteiger charge is -2.10. The standard InChI is InChI=1S/C17H20N2O3/c1-11-5-6-14(9-12(11)2)16-10-15(13(3)20)17(21)19(18-16)7-8-22-4/h5-6,9-10H,7-8H2,1-4H3. The van der Waals surface area contributed by atoms with Gasteiger partial charge in [0.15, 0.2) is 5.78 Å². The van der Waals surface area contributed by atoms with Crippen LogP contribution in [0.25, 0.3) is 11.3 Å². The van der Waals surface area contributed by atoms with Crippen molar-refractivity contribution in [1.82, 2.24) is 9.78 Å². The zero-order valence-corrected chi connectivity index (χ0v) is 13.3. The highest BCUT2D eigenvalue weighted by atomic mass is 16.5. The Kier molecular flexibility index (Phi) is 4.88. The molecule has 5 heteroatoms. The molecule has 0 radical (unpaired) electrons. The highest BCUT2D eigenvalue weighted by Gasteiger charge is 2.13. The van der Waals surface area contributed by atoms with Gasteiger partial charge in [-0.2, -0.15) is 5.10 Å². The van der Waals surface area contributed by atoms with E-state index < -0.39 is 0 Å². The van der Waals surface area contributed by atoms with E-state index in [1.807, 2.05) is 32.0 Å². The summed E-state index contributed by atoms with van der Waals surface area (Å²) in [5, 5.41) is 4.37. The molecule has 0 bridgehead atoms. The van der Waals surface area contributed by atoms with Gasteiger partial charge in [0.25, 0.3) is 5.56 Å². The molecule has 2 aromatic rings. The van der Waals surface area contributed by atoms with Crippen LogP contribution in [0.3, 0.4) is 0 Å². The molecule has 0 fully saturated rings. The summed E-state index contributed by atoms with van der Waals surface area (Å²) in [6, 6.07) is 7.52. The van der Waals surface area contributed by atoms with Crippen molar-refractivity contribution in [2.24, 2.45) is 0 Å². The Balaban J connectivity index is 2.59. The van der Waals surface area contributed by atoms with E-state index in [0.717, 1.165) is 11.1 Å². The summed E-state index contributed by atoms with van der Waals surface area (Å²) >= 11 is 0. The molecule has 0 aliphatic heterocycles. The fraction of sp³-hybridized carbons (Fsp3) is 0.353. The molecule has 0 saturated heterocycles. The van der Waals surface area contributed by atoms with Gasteiger partial charge in [0.2, 0.25) is 0 Å². The van der Waals surface area contributed by atoms with E-state index in [1.54, 1.807) is 13.2 Å². The molecular formula is C17H20N2O3. The van der Waals surface area contributed by atoms with Crippen LogP contribution in [0.5, 0.6) is 0 Å². The number of hydrogen-bond acceptors (Lipinski definition) is 4. The number of nitrogens with zero attached hydrogens (tertiary/aromatic N) is 2. The number of ether oxygens (including phenoxy) is 1. The second kappa shape index (κ2) is 6.66. The van der Waals surface area contributed by atoms with Crippen molar-refractivity contribution >= 4 is 5.78 Å².